The van der Waals surface area contributed by atoms with Crippen molar-refractivity contribution >= 4 is 11.6 Å². The predicted molar refractivity (Wildman–Crippen MR) is 85.4 cm³/mol. The Hall–Kier alpha value is -2.55. The SMILES string of the molecule is CC(=COc1ccc(C)c(C)c1)C(=O)Nc1ccccc1. The van der Waals surface area contributed by atoms with Crippen LogP contribution in [0.25, 0.3) is 0 Å². The van der Waals surface area contributed by atoms with Crippen LogP contribution in [0.2, 0.25) is 0 Å². The van der Waals surface area contributed by atoms with Gasteiger partial charge in [0.1, 0.15) is 5.75 Å². The van der Waals surface area contributed by atoms with Crippen LogP contribution in [0.1, 0.15) is 18.1 Å². The number of aryl methyl sites for hydroxylation is 2. The lowest BCUT2D eigenvalue weighted by molar-refractivity contribution is -0.112. The van der Waals surface area contributed by atoms with Gasteiger partial charge in [-0.1, -0.05) is 24.3 Å². The minimum absolute atomic E-state index is 0.176. The fourth-order valence-electron chi connectivity index (χ4n) is 1.75. The monoisotopic (exact) mass is 281 g/mol. The minimum Gasteiger partial charge on any atom is -0.465 e. The summed E-state index contributed by atoms with van der Waals surface area (Å²) in [6.07, 6.45) is 1.47. The van der Waals surface area contributed by atoms with E-state index in [4.69, 9.17) is 4.74 Å². The molecule has 0 fully saturated rings. The Morgan fingerprint density at radius 2 is 1.76 bits per heavy atom. The lowest BCUT2D eigenvalue weighted by Gasteiger charge is -2.07. The van der Waals surface area contributed by atoms with Crippen LogP contribution in [-0.4, -0.2) is 5.91 Å². The maximum absolute atomic E-state index is 12.0. The number of carbonyl (C=O) groups is 1. The summed E-state index contributed by atoms with van der Waals surface area (Å²) >= 11 is 0. The molecular formula is C18H19NO2. The van der Waals surface area contributed by atoms with Gasteiger partial charge in [-0.15, -0.1) is 0 Å². The van der Waals surface area contributed by atoms with Crippen molar-refractivity contribution in [2.45, 2.75) is 20.8 Å². The molecule has 3 nitrogen and oxygen atoms in total. The summed E-state index contributed by atoms with van der Waals surface area (Å²) in [5, 5.41) is 2.81. The topological polar surface area (TPSA) is 38.3 Å². The Morgan fingerprint density at radius 1 is 1.05 bits per heavy atom. The van der Waals surface area contributed by atoms with Crippen molar-refractivity contribution in [3.63, 3.8) is 0 Å². The van der Waals surface area contributed by atoms with Gasteiger partial charge in [0.2, 0.25) is 0 Å². The Labute approximate surface area is 125 Å². The molecule has 0 aliphatic rings. The minimum atomic E-state index is -0.176. The average Bonchev–Trinajstić information content (AvgIpc) is 2.49. The van der Waals surface area contributed by atoms with Gasteiger partial charge in [0.25, 0.3) is 5.91 Å². The average molecular weight is 281 g/mol. The predicted octanol–water partition coefficient (Wildman–Crippen LogP) is 4.22. The van der Waals surface area contributed by atoms with E-state index < -0.39 is 0 Å². The van der Waals surface area contributed by atoms with Gasteiger partial charge in [0.05, 0.1) is 6.26 Å². The van der Waals surface area contributed by atoms with E-state index >= 15 is 0 Å². The van der Waals surface area contributed by atoms with Gasteiger partial charge in [-0.25, -0.2) is 0 Å². The highest BCUT2D eigenvalue weighted by molar-refractivity contribution is 6.03. The summed E-state index contributed by atoms with van der Waals surface area (Å²) in [5.41, 5.74) is 3.65. The Bertz CT molecular complexity index is 660. The number of hydrogen-bond acceptors (Lipinski definition) is 2. The maximum atomic E-state index is 12.0. The third-order valence-corrected chi connectivity index (χ3v) is 3.24. The standard InChI is InChI=1S/C18H19NO2/c1-13-9-10-17(11-14(13)2)21-12-15(3)18(20)19-16-7-5-4-6-8-16/h4-12H,1-3H3,(H,19,20). The summed E-state index contributed by atoms with van der Waals surface area (Å²) in [4.78, 5) is 12.0. The number of para-hydroxylation sites is 1. The van der Waals surface area contributed by atoms with Crippen LogP contribution in [0.3, 0.4) is 0 Å². The zero-order chi connectivity index (χ0) is 15.2. The molecule has 0 radical (unpaired) electrons. The van der Waals surface area contributed by atoms with Gasteiger partial charge in [-0.2, -0.15) is 0 Å². The Kier molecular flexibility index (Phi) is 4.77. The summed E-state index contributed by atoms with van der Waals surface area (Å²) < 4.78 is 5.54. The van der Waals surface area contributed by atoms with Crippen molar-refractivity contribution in [3.8, 4) is 5.75 Å². The molecule has 2 aromatic carbocycles. The quantitative estimate of drug-likeness (QED) is 0.673. The van der Waals surface area contributed by atoms with Gasteiger partial charge < -0.3 is 10.1 Å². The molecule has 0 saturated carbocycles. The van der Waals surface area contributed by atoms with Crippen LogP contribution in [0.15, 0.2) is 60.4 Å². The van der Waals surface area contributed by atoms with E-state index in [0.29, 0.717) is 5.57 Å². The molecule has 1 N–H and O–H groups in total. The smallest absolute Gasteiger partial charge is 0.254 e. The second-order valence-electron chi connectivity index (χ2n) is 4.98. The first-order valence-corrected chi connectivity index (χ1v) is 6.83. The number of rotatable bonds is 4. The number of amides is 1. The lowest BCUT2D eigenvalue weighted by atomic mass is 10.1. The first-order chi connectivity index (χ1) is 10.1. The highest BCUT2D eigenvalue weighted by atomic mass is 16.5. The van der Waals surface area contributed by atoms with Gasteiger partial charge in [-0.05, 0) is 56.2 Å². The molecule has 2 rings (SSSR count). The largest absolute Gasteiger partial charge is 0.465 e. The molecule has 0 aliphatic carbocycles. The van der Waals surface area contributed by atoms with E-state index in [9.17, 15) is 4.79 Å². The van der Waals surface area contributed by atoms with E-state index in [1.54, 1.807) is 6.92 Å². The summed E-state index contributed by atoms with van der Waals surface area (Å²) in [7, 11) is 0. The zero-order valence-corrected chi connectivity index (χ0v) is 12.5. The summed E-state index contributed by atoms with van der Waals surface area (Å²) in [6, 6.07) is 15.2. The molecule has 0 aliphatic heterocycles. The third kappa shape index (κ3) is 4.21. The van der Waals surface area contributed by atoms with Crippen molar-refractivity contribution < 1.29 is 9.53 Å². The second-order valence-corrected chi connectivity index (χ2v) is 4.98. The fourth-order valence-corrected chi connectivity index (χ4v) is 1.75. The Morgan fingerprint density at radius 3 is 2.43 bits per heavy atom. The molecule has 0 spiro atoms. The van der Waals surface area contributed by atoms with Gasteiger partial charge >= 0.3 is 0 Å². The van der Waals surface area contributed by atoms with E-state index in [1.165, 1.54) is 11.8 Å². The molecule has 0 unspecified atom stereocenters. The van der Waals surface area contributed by atoms with Crippen molar-refractivity contribution in [2.75, 3.05) is 5.32 Å². The Balaban J connectivity index is 2.00. The van der Waals surface area contributed by atoms with Crippen LogP contribution in [0, 0.1) is 13.8 Å². The second kappa shape index (κ2) is 6.75. The van der Waals surface area contributed by atoms with Crippen LogP contribution in [0.5, 0.6) is 5.75 Å². The molecule has 1 amide bonds. The van der Waals surface area contributed by atoms with E-state index in [1.807, 2.05) is 62.4 Å². The number of nitrogens with one attached hydrogen (secondary N) is 1. The molecule has 2 aromatic rings. The molecule has 3 heteroatoms. The molecule has 0 atom stereocenters. The zero-order valence-electron chi connectivity index (χ0n) is 12.5. The van der Waals surface area contributed by atoms with E-state index in [-0.39, 0.29) is 5.91 Å². The van der Waals surface area contributed by atoms with Crippen LogP contribution < -0.4 is 10.1 Å². The van der Waals surface area contributed by atoms with Gasteiger partial charge in [0, 0.05) is 11.3 Å². The van der Waals surface area contributed by atoms with E-state index in [0.717, 1.165) is 17.0 Å². The third-order valence-electron chi connectivity index (χ3n) is 3.24. The van der Waals surface area contributed by atoms with Crippen molar-refractivity contribution in [1.29, 1.82) is 0 Å². The molecule has 0 saturated heterocycles. The highest BCUT2D eigenvalue weighted by Crippen LogP contribution is 2.17. The molecule has 108 valence electrons. The molecule has 0 aromatic heterocycles. The normalized spacial score (nSPS) is 11.1. The summed E-state index contributed by atoms with van der Waals surface area (Å²) in [5.74, 6) is 0.551. The van der Waals surface area contributed by atoms with Crippen molar-refractivity contribution in [3.05, 3.63) is 71.5 Å². The van der Waals surface area contributed by atoms with Crippen molar-refractivity contribution in [2.24, 2.45) is 0 Å². The fraction of sp³-hybridized carbons (Fsp3) is 0.167. The number of anilines is 1. The van der Waals surface area contributed by atoms with Crippen LogP contribution in [0.4, 0.5) is 5.69 Å². The van der Waals surface area contributed by atoms with Crippen molar-refractivity contribution in [1.82, 2.24) is 0 Å². The molecular weight excluding hydrogens is 262 g/mol. The number of benzene rings is 2. The van der Waals surface area contributed by atoms with Crippen LogP contribution >= 0.6 is 0 Å². The molecule has 0 heterocycles. The number of carbonyl (C=O) groups excluding carboxylic acids is 1. The number of hydrogen-bond donors (Lipinski definition) is 1. The van der Waals surface area contributed by atoms with Gasteiger partial charge in [0.15, 0.2) is 0 Å². The lowest BCUT2D eigenvalue weighted by Crippen LogP contribution is -2.13. The maximum Gasteiger partial charge on any atom is 0.254 e. The first kappa shape index (κ1) is 14.9. The highest BCUT2D eigenvalue weighted by Gasteiger charge is 2.05. The number of ether oxygens (including phenoxy) is 1. The molecule has 21 heavy (non-hydrogen) atoms. The summed E-state index contributed by atoms with van der Waals surface area (Å²) in [6.45, 7) is 5.80. The van der Waals surface area contributed by atoms with Crippen LogP contribution in [-0.2, 0) is 4.79 Å². The van der Waals surface area contributed by atoms with Gasteiger partial charge in [-0.3, -0.25) is 4.79 Å². The molecule has 0 bridgehead atoms. The first-order valence-electron chi connectivity index (χ1n) is 6.83. The van der Waals surface area contributed by atoms with E-state index in [2.05, 4.69) is 5.32 Å².